The Morgan fingerprint density at radius 1 is 0.889 bits per heavy atom. The quantitative estimate of drug-likeness (QED) is 0.489. The Hall–Kier alpha value is -2.24. The molecule has 0 aromatic heterocycles. The molecule has 0 spiro atoms. The van der Waals surface area contributed by atoms with Gasteiger partial charge in [-0.3, -0.25) is 0 Å². The van der Waals surface area contributed by atoms with Crippen LogP contribution in [0.1, 0.15) is 0 Å². The van der Waals surface area contributed by atoms with Gasteiger partial charge in [0, 0.05) is 12.1 Å². The second kappa shape index (κ2) is 4.56. The molecule has 94 valence electrons. The van der Waals surface area contributed by atoms with Gasteiger partial charge in [-0.25, -0.2) is 17.6 Å². The summed E-state index contributed by atoms with van der Waals surface area (Å²) in [6, 6.07) is 4.98. The number of nitrogen functional groups attached to an aromatic ring is 1. The Labute approximate surface area is 100 Å². The fourth-order valence-corrected chi connectivity index (χ4v) is 1.44. The summed E-state index contributed by atoms with van der Waals surface area (Å²) < 4.78 is 52.4. The molecule has 0 aliphatic rings. The molecular weight excluding hydrogens is 248 g/mol. The van der Waals surface area contributed by atoms with Crippen LogP contribution >= 0.6 is 0 Å². The molecule has 0 heterocycles. The molecule has 2 rings (SSSR count). The summed E-state index contributed by atoms with van der Waals surface area (Å²) in [6.45, 7) is 0. The predicted molar refractivity (Wildman–Crippen MR) is 60.4 cm³/mol. The van der Waals surface area contributed by atoms with E-state index in [-0.39, 0.29) is 11.4 Å². The average molecular weight is 256 g/mol. The van der Waals surface area contributed by atoms with Crippen LogP contribution in [0.5, 0.6) is 0 Å². The van der Waals surface area contributed by atoms with Gasteiger partial charge in [-0.2, -0.15) is 0 Å². The van der Waals surface area contributed by atoms with Crippen molar-refractivity contribution >= 4 is 17.1 Å². The molecule has 0 saturated heterocycles. The van der Waals surface area contributed by atoms with Crippen LogP contribution in [0.3, 0.4) is 0 Å². The summed E-state index contributed by atoms with van der Waals surface area (Å²) in [5.41, 5.74) is 4.72. The van der Waals surface area contributed by atoms with Crippen molar-refractivity contribution in [2.45, 2.75) is 0 Å². The molecule has 0 atom stereocenters. The molecule has 6 heteroatoms. The first-order valence-corrected chi connectivity index (χ1v) is 4.94. The van der Waals surface area contributed by atoms with E-state index >= 15 is 0 Å². The molecule has 0 saturated carbocycles. The van der Waals surface area contributed by atoms with Crippen LogP contribution in [0.2, 0.25) is 0 Å². The summed E-state index contributed by atoms with van der Waals surface area (Å²) in [6.07, 6.45) is 0. The van der Waals surface area contributed by atoms with Gasteiger partial charge in [-0.1, -0.05) is 6.07 Å². The zero-order valence-electron chi connectivity index (χ0n) is 8.98. The van der Waals surface area contributed by atoms with E-state index < -0.39 is 29.0 Å². The summed E-state index contributed by atoms with van der Waals surface area (Å²) in [7, 11) is 0. The van der Waals surface area contributed by atoms with Gasteiger partial charge in [-0.15, -0.1) is 0 Å². The molecule has 0 amide bonds. The minimum absolute atomic E-state index is 0.0268. The predicted octanol–water partition coefficient (Wildman–Crippen LogP) is 3.57. The number of hydrogen-bond acceptors (Lipinski definition) is 2. The van der Waals surface area contributed by atoms with Crippen LogP contribution in [-0.2, 0) is 0 Å². The third kappa shape index (κ3) is 2.22. The molecule has 2 aromatic carbocycles. The summed E-state index contributed by atoms with van der Waals surface area (Å²) in [4.78, 5) is 0. The Morgan fingerprint density at radius 3 is 2.33 bits per heavy atom. The standard InChI is InChI=1S/C12H8F4N2/c13-6-4-8(15)11(16)10(5-6)18-9-3-1-2-7(14)12(9)17/h1-5,18H,17H2. The van der Waals surface area contributed by atoms with Gasteiger partial charge >= 0.3 is 0 Å². The molecule has 0 aliphatic heterocycles. The maximum atomic E-state index is 13.4. The zero-order valence-corrected chi connectivity index (χ0v) is 8.98. The first-order chi connectivity index (χ1) is 8.49. The van der Waals surface area contributed by atoms with Crippen molar-refractivity contribution in [1.29, 1.82) is 0 Å². The van der Waals surface area contributed by atoms with E-state index in [0.29, 0.717) is 6.07 Å². The van der Waals surface area contributed by atoms with Crippen LogP contribution in [0.15, 0.2) is 30.3 Å². The number of hydrogen-bond donors (Lipinski definition) is 2. The molecule has 0 unspecified atom stereocenters. The third-order valence-electron chi connectivity index (χ3n) is 2.32. The summed E-state index contributed by atoms with van der Waals surface area (Å²) >= 11 is 0. The van der Waals surface area contributed by atoms with Crippen LogP contribution in [0.25, 0.3) is 0 Å². The highest BCUT2D eigenvalue weighted by atomic mass is 19.2. The van der Waals surface area contributed by atoms with E-state index in [1.165, 1.54) is 12.1 Å². The van der Waals surface area contributed by atoms with Gasteiger partial charge in [0.25, 0.3) is 0 Å². The minimum atomic E-state index is -1.34. The monoisotopic (exact) mass is 256 g/mol. The van der Waals surface area contributed by atoms with Crippen molar-refractivity contribution in [3.63, 3.8) is 0 Å². The number of nitrogens with two attached hydrogens (primary N) is 1. The number of rotatable bonds is 2. The van der Waals surface area contributed by atoms with Gasteiger partial charge in [0.05, 0.1) is 17.1 Å². The van der Waals surface area contributed by atoms with Crippen LogP contribution < -0.4 is 11.1 Å². The first-order valence-electron chi connectivity index (χ1n) is 4.94. The zero-order chi connectivity index (χ0) is 13.3. The van der Waals surface area contributed by atoms with E-state index in [2.05, 4.69) is 5.32 Å². The maximum Gasteiger partial charge on any atom is 0.182 e. The lowest BCUT2D eigenvalue weighted by atomic mass is 10.2. The van der Waals surface area contributed by atoms with Crippen LogP contribution in [0.4, 0.5) is 34.6 Å². The Morgan fingerprint density at radius 2 is 1.61 bits per heavy atom. The van der Waals surface area contributed by atoms with E-state index in [9.17, 15) is 17.6 Å². The fraction of sp³-hybridized carbons (Fsp3) is 0. The largest absolute Gasteiger partial charge is 0.395 e. The molecule has 3 N–H and O–H groups in total. The Kier molecular flexibility index (Phi) is 3.10. The lowest BCUT2D eigenvalue weighted by Crippen LogP contribution is -2.02. The molecule has 0 bridgehead atoms. The Bertz CT molecular complexity index is 599. The number of halogens is 4. The lowest BCUT2D eigenvalue weighted by Gasteiger charge is -2.11. The normalized spacial score (nSPS) is 10.4. The summed E-state index contributed by atoms with van der Waals surface area (Å²) in [5, 5.41) is 2.34. The topological polar surface area (TPSA) is 38.0 Å². The fourth-order valence-electron chi connectivity index (χ4n) is 1.44. The van der Waals surface area contributed by atoms with Crippen molar-refractivity contribution in [2.75, 3.05) is 11.1 Å². The first kappa shape index (κ1) is 12.2. The molecule has 2 nitrogen and oxygen atoms in total. The molecule has 0 aliphatic carbocycles. The lowest BCUT2D eigenvalue weighted by molar-refractivity contribution is 0.498. The highest BCUT2D eigenvalue weighted by Crippen LogP contribution is 2.28. The van der Waals surface area contributed by atoms with E-state index in [4.69, 9.17) is 5.73 Å². The van der Waals surface area contributed by atoms with Crippen molar-refractivity contribution in [2.24, 2.45) is 0 Å². The SMILES string of the molecule is Nc1c(F)cccc1Nc1cc(F)cc(F)c1F. The van der Waals surface area contributed by atoms with Crippen molar-refractivity contribution in [1.82, 2.24) is 0 Å². The number of benzene rings is 2. The van der Waals surface area contributed by atoms with Gasteiger partial charge < -0.3 is 11.1 Å². The average Bonchev–Trinajstić information content (AvgIpc) is 2.31. The molecule has 0 fully saturated rings. The molecular formula is C12H8F4N2. The van der Waals surface area contributed by atoms with E-state index in [1.54, 1.807) is 0 Å². The van der Waals surface area contributed by atoms with E-state index in [0.717, 1.165) is 12.1 Å². The molecule has 18 heavy (non-hydrogen) atoms. The van der Waals surface area contributed by atoms with Gasteiger partial charge in [0.15, 0.2) is 11.6 Å². The Balaban J connectivity index is 2.43. The number of anilines is 3. The molecule has 2 aromatic rings. The third-order valence-corrected chi connectivity index (χ3v) is 2.32. The van der Waals surface area contributed by atoms with Gasteiger partial charge in [-0.05, 0) is 12.1 Å². The van der Waals surface area contributed by atoms with Crippen molar-refractivity contribution in [3.05, 3.63) is 53.6 Å². The second-order valence-electron chi connectivity index (χ2n) is 3.58. The van der Waals surface area contributed by atoms with Gasteiger partial charge in [0.1, 0.15) is 11.6 Å². The van der Waals surface area contributed by atoms with Crippen LogP contribution in [0, 0.1) is 23.3 Å². The van der Waals surface area contributed by atoms with Crippen molar-refractivity contribution in [3.8, 4) is 0 Å². The molecule has 0 radical (unpaired) electrons. The second-order valence-corrected chi connectivity index (χ2v) is 3.58. The van der Waals surface area contributed by atoms with Gasteiger partial charge in [0.2, 0.25) is 0 Å². The number of nitrogens with one attached hydrogen (secondary N) is 1. The van der Waals surface area contributed by atoms with E-state index in [1.807, 2.05) is 0 Å². The maximum absolute atomic E-state index is 13.4. The van der Waals surface area contributed by atoms with Crippen molar-refractivity contribution < 1.29 is 17.6 Å². The summed E-state index contributed by atoms with van der Waals surface area (Å²) in [5.74, 6) is -4.27. The highest BCUT2D eigenvalue weighted by molar-refractivity contribution is 5.73. The minimum Gasteiger partial charge on any atom is -0.395 e. The van der Waals surface area contributed by atoms with Crippen LogP contribution in [-0.4, -0.2) is 0 Å². The number of para-hydroxylation sites is 1. The smallest absolute Gasteiger partial charge is 0.182 e. The highest BCUT2D eigenvalue weighted by Gasteiger charge is 2.13.